The summed E-state index contributed by atoms with van der Waals surface area (Å²) in [6, 6.07) is 10.7. The first-order valence-corrected chi connectivity index (χ1v) is 7.13. The molecule has 106 valence electrons. The van der Waals surface area contributed by atoms with Gasteiger partial charge in [-0.2, -0.15) is 0 Å². The van der Waals surface area contributed by atoms with E-state index < -0.39 is 0 Å². The minimum atomic E-state index is -0.203. The molecule has 0 saturated carbocycles. The maximum atomic E-state index is 12.4. The molecule has 0 spiro atoms. The monoisotopic (exact) mass is 300 g/mol. The van der Waals surface area contributed by atoms with Crippen molar-refractivity contribution in [3.8, 4) is 5.88 Å². The van der Waals surface area contributed by atoms with Gasteiger partial charge in [-0.15, -0.1) is 0 Å². The molecule has 0 aliphatic carbocycles. The summed E-state index contributed by atoms with van der Waals surface area (Å²) in [6.07, 6.45) is 1.56. The molecule has 3 rings (SSSR count). The molecule has 6 heteroatoms. The lowest BCUT2D eigenvalue weighted by Crippen LogP contribution is -2.19. The zero-order valence-electron chi connectivity index (χ0n) is 11.3. The Morgan fingerprint density at radius 3 is 2.90 bits per heavy atom. The molecular weight excluding hydrogens is 288 g/mol. The van der Waals surface area contributed by atoms with Crippen molar-refractivity contribution in [2.75, 3.05) is 7.11 Å². The molecule has 5 nitrogen and oxygen atoms in total. The molecule has 1 aromatic carbocycles. The second-order valence-corrected chi connectivity index (χ2v) is 5.40. The molecule has 0 bridgehead atoms. The number of ketones is 1. The highest BCUT2D eigenvalue weighted by molar-refractivity contribution is 7.16. The molecule has 0 amide bonds. The van der Waals surface area contributed by atoms with E-state index in [0.29, 0.717) is 5.56 Å². The summed E-state index contributed by atoms with van der Waals surface area (Å²) >= 11 is 1.13. The van der Waals surface area contributed by atoms with Crippen LogP contribution in [0.25, 0.3) is 10.2 Å². The van der Waals surface area contributed by atoms with Gasteiger partial charge in [0, 0.05) is 6.20 Å². The molecule has 0 unspecified atom stereocenters. The maximum Gasteiger partial charge on any atom is 0.308 e. The number of carbonyl (C=O) groups is 1. The molecular formula is C15H12N2O3S. The van der Waals surface area contributed by atoms with Crippen LogP contribution in [0.3, 0.4) is 0 Å². The van der Waals surface area contributed by atoms with Crippen molar-refractivity contribution in [2.45, 2.75) is 6.54 Å². The number of benzene rings is 1. The minimum absolute atomic E-state index is 0.0229. The number of carbonyl (C=O) groups excluding carboxylic acids is 1. The van der Waals surface area contributed by atoms with E-state index in [4.69, 9.17) is 4.74 Å². The number of hydrogen-bond donors (Lipinski definition) is 0. The Labute approximate surface area is 124 Å². The molecule has 0 radical (unpaired) electrons. The van der Waals surface area contributed by atoms with E-state index in [9.17, 15) is 9.59 Å². The number of pyridine rings is 1. The lowest BCUT2D eigenvalue weighted by atomic mass is 10.2. The quantitative estimate of drug-likeness (QED) is 0.694. The Morgan fingerprint density at radius 1 is 1.29 bits per heavy atom. The van der Waals surface area contributed by atoms with E-state index in [0.717, 1.165) is 21.6 Å². The first-order valence-electron chi connectivity index (χ1n) is 6.31. The van der Waals surface area contributed by atoms with Crippen LogP contribution in [0.5, 0.6) is 5.88 Å². The van der Waals surface area contributed by atoms with E-state index in [1.54, 1.807) is 18.3 Å². The SMILES string of the molecule is COc1ncccc1C(=O)Cn1c(=O)sc2ccccc21. The Bertz CT molecular complexity index is 866. The van der Waals surface area contributed by atoms with Crippen LogP contribution in [-0.4, -0.2) is 22.4 Å². The van der Waals surface area contributed by atoms with Crippen LogP contribution in [0, 0.1) is 0 Å². The number of rotatable bonds is 4. The Hall–Kier alpha value is -2.47. The van der Waals surface area contributed by atoms with Crippen LogP contribution in [0.2, 0.25) is 0 Å². The van der Waals surface area contributed by atoms with Gasteiger partial charge in [-0.25, -0.2) is 4.98 Å². The third-order valence-corrected chi connectivity index (χ3v) is 4.10. The van der Waals surface area contributed by atoms with Crippen molar-refractivity contribution < 1.29 is 9.53 Å². The second kappa shape index (κ2) is 5.49. The van der Waals surface area contributed by atoms with Crippen LogP contribution in [-0.2, 0) is 6.54 Å². The van der Waals surface area contributed by atoms with Gasteiger partial charge in [-0.1, -0.05) is 23.5 Å². The topological polar surface area (TPSA) is 61.2 Å². The normalized spacial score (nSPS) is 10.7. The number of Topliss-reactive ketones (excluding diaryl/α,β-unsaturated/α-hetero) is 1. The summed E-state index contributed by atoms with van der Waals surface area (Å²) < 4.78 is 7.44. The first kappa shape index (κ1) is 13.5. The number of aromatic nitrogens is 2. The van der Waals surface area contributed by atoms with Gasteiger partial charge in [0.2, 0.25) is 5.88 Å². The summed E-state index contributed by atoms with van der Waals surface area (Å²) in [4.78, 5) is 28.3. The van der Waals surface area contributed by atoms with Crippen LogP contribution >= 0.6 is 11.3 Å². The van der Waals surface area contributed by atoms with Crippen molar-refractivity contribution in [1.82, 2.24) is 9.55 Å². The standard InChI is InChI=1S/C15H12N2O3S/c1-20-14-10(5-4-8-16-14)12(18)9-17-11-6-2-3-7-13(11)21-15(17)19/h2-8H,9H2,1H3. The van der Waals surface area contributed by atoms with Crippen LogP contribution in [0.4, 0.5) is 0 Å². The molecule has 3 aromatic rings. The minimum Gasteiger partial charge on any atom is -0.480 e. The molecule has 0 aliphatic heterocycles. The van der Waals surface area contributed by atoms with Gasteiger partial charge in [-0.3, -0.25) is 14.2 Å². The van der Waals surface area contributed by atoms with Gasteiger partial charge in [0.15, 0.2) is 5.78 Å². The fraction of sp³-hybridized carbons (Fsp3) is 0.133. The Balaban J connectivity index is 2.01. The van der Waals surface area contributed by atoms with Gasteiger partial charge in [-0.05, 0) is 24.3 Å². The highest BCUT2D eigenvalue weighted by Gasteiger charge is 2.16. The molecule has 0 atom stereocenters. The van der Waals surface area contributed by atoms with Crippen LogP contribution in [0.15, 0.2) is 47.4 Å². The third kappa shape index (κ3) is 2.45. The van der Waals surface area contributed by atoms with Gasteiger partial charge < -0.3 is 4.74 Å². The van der Waals surface area contributed by atoms with Gasteiger partial charge >= 0.3 is 4.87 Å². The highest BCUT2D eigenvalue weighted by atomic mass is 32.1. The fourth-order valence-corrected chi connectivity index (χ4v) is 3.05. The predicted molar refractivity (Wildman–Crippen MR) is 81.2 cm³/mol. The number of para-hydroxylation sites is 1. The molecule has 0 saturated heterocycles. The van der Waals surface area contributed by atoms with Crippen molar-refractivity contribution >= 4 is 27.3 Å². The number of fused-ring (bicyclic) bond motifs is 1. The number of thiazole rings is 1. The second-order valence-electron chi connectivity index (χ2n) is 4.41. The largest absolute Gasteiger partial charge is 0.480 e. The molecule has 2 aromatic heterocycles. The number of methoxy groups -OCH3 is 1. The van der Waals surface area contributed by atoms with Crippen LogP contribution < -0.4 is 9.61 Å². The first-order chi connectivity index (χ1) is 10.2. The smallest absolute Gasteiger partial charge is 0.308 e. The molecule has 0 N–H and O–H groups in total. The maximum absolute atomic E-state index is 12.4. The number of nitrogens with zero attached hydrogens (tertiary/aromatic N) is 2. The zero-order chi connectivity index (χ0) is 14.8. The fourth-order valence-electron chi connectivity index (χ4n) is 2.16. The van der Waals surface area contributed by atoms with Crippen LogP contribution in [0.1, 0.15) is 10.4 Å². The number of ether oxygens (including phenoxy) is 1. The molecule has 21 heavy (non-hydrogen) atoms. The third-order valence-electron chi connectivity index (χ3n) is 3.14. The van der Waals surface area contributed by atoms with E-state index in [1.165, 1.54) is 11.7 Å². The zero-order valence-corrected chi connectivity index (χ0v) is 12.1. The summed E-state index contributed by atoms with van der Waals surface area (Å²) in [5, 5.41) is 0. The van der Waals surface area contributed by atoms with Crippen molar-refractivity contribution in [1.29, 1.82) is 0 Å². The molecule has 2 heterocycles. The summed E-state index contributed by atoms with van der Waals surface area (Å²) in [6.45, 7) is -0.0229. The van der Waals surface area contributed by atoms with E-state index in [-0.39, 0.29) is 23.1 Å². The molecule has 0 fully saturated rings. The highest BCUT2D eigenvalue weighted by Crippen LogP contribution is 2.19. The average molecular weight is 300 g/mol. The Morgan fingerprint density at radius 2 is 2.10 bits per heavy atom. The van der Waals surface area contributed by atoms with Gasteiger partial charge in [0.1, 0.15) is 0 Å². The van der Waals surface area contributed by atoms with E-state index in [2.05, 4.69) is 4.98 Å². The molecule has 0 aliphatic rings. The summed E-state index contributed by atoms with van der Waals surface area (Å²) in [7, 11) is 1.46. The Kier molecular flexibility index (Phi) is 3.53. The average Bonchev–Trinajstić information content (AvgIpc) is 2.83. The summed E-state index contributed by atoms with van der Waals surface area (Å²) in [5.74, 6) is 0.0701. The summed E-state index contributed by atoms with van der Waals surface area (Å²) in [5.41, 5.74) is 1.14. The number of hydrogen-bond acceptors (Lipinski definition) is 5. The van der Waals surface area contributed by atoms with Crippen molar-refractivity contribution in [2.24, 2.45) is 0 Å². The van der Waals surface area contributed by atoms with E-state index >= 15 is 0 Å². The van der Waals surface area contributed by atoms with Gasteiger partial charge in [0.05, 0.1) is 29.4 Å². The lowest BCUT2D eigenvalue weighted by molar-refractivity contribution is 0.0969. The van der Waals surface area contributed by atoms with Crippen molar-refractivity contribution in [3.63, 3.8) is 0 Å². The van der Waals surface area contributed by atoms with Gasteiger partial charge in [0.25, 0.3) is 0 Å². The van der Waals surface area contributed by atoms with E-state index in [1.807, 2.05) is 24.3 Å². The van der Waals surface area contributed by atoms with Crippen molar-refractivity contribution in [3.05, 3.63) is 57.8 Å². The lowest BCUT2D eigenvalue weighted by Gasteiger charge is -2.07. The predicted octanol–water partition coefficient (Wildman–Crippen LogP) is 2.35.